The average Bonchev–Trinajstić information content (AvgIpc) is 3.28. The van der Waals surface area contributed by atoms with Crippen molar-refractivity contribution in [1.82, 2.24) is 4.90 Å². The van der Waals surface area contributed by atoms with Crippen LogP contribution in [0, 0.1) is 0 Å². The van der Waals surface area contributed by atoms with E-state index in [-0.39, 0.29) is 17.6 Å². The molecule has 8 heteroatoms. The van der Waals surface area contributed by atoms with Gasteiger partial charge in [-0.15, -0.1) is 0 Å². The van der Waals surface area contributed by atoms with Crippen molar-refractivity contribution in [3.8, 4) is 0 Å². The van der Waals surface area contributed by atoms with Crippen LogP contribution in [-0.4, -0.2) is 48.9 Å². The van der Waals surface area contributed by atoms with Gasteiger partial charge in [-0.2, -0.15) is 0 Å². The third-order valence-corrected chi connectivity index (χ3v) is 5.77. The molecule has 0 bridgehead atoms. The second kappa shape index (κ2) is 9.82. The van der Waals surface area contributed by atoms with Gasteiger partial charge in [0.15, 0.2) is 0 Å². The monoisotopic (exact) mass is 469 g/mol. The van der Waals surface area contributed by atoms with Crippen LogP contribution in [-0.2, 0) is 4.74 Å². The molecule has 1 aliphatic heterocycles. The molecule has 4 aromatic rings. The molecule has 0 spiro atoms. The van der Waals surface area contributed by atoms with Gasteiger partial charge < -0.3 is 24.7 Å². The fourth-order valence-electron chi connectivity index (χ4n) is 3.91. The molecule has 0 saturated carbocycles. The summed E-state index contributed by atoms with van der Waals surface area (Å²) < 4.78 is 11.2. The van der Waals surface area contributed by atoms with Crippen LogP contribution in [0.25, 0.3) is 11.0 Å². The van der Waals surface area contributed by atoms with Crippen molar-refractivity contribution in [1.29, 1.82) is 0 Å². The molecule has 0 radical (unpaired) electrons. The van der Waals surface area contributed by atoms with Crippen molar-refractivity contribution in [2.75, 3.05) is 36.9 Å². The predicted molar refractivity (Wildman–Crippen MR) is 132 cm³/mol. The zero-order valence-corrected chi connectivity index (χ0v) is 18.8. The van der Waals surface area contributed by atoms with E-state index >= 15 is 0 Å². The molecular weight excluding hydrogens is 446 g/mol. The van der Waals surface area contributed by atoms with Crippen LogP contribution < -0.4 is 10.6 Å². The normalized spacial score (nSPS) is 13.4. The molecule has 8 nitrogen and oxygen atoms in total. The Kier molecular flexibility index (Phi) is 6.28. The molecule has 5 rings (SSSR count). The fraction of sp³-hybridized carbons (Fsp3) is 0.148. The summed E-state index contributed by atoms with van der Waals surface area (Å²) in [6.45, 7) is 1.83. The lowest BCUT2D eigenvalue weighted by Gasteiger charge is -2.26. The van der Waals surface area contributed by atoms with E-state index in [1.165, 1.54) is 0 Å². The van der Waals surface area contributed by atoms with Gasteiger partial charge in [0.1, 0.15) is 11.3 Å². The molecule has 1 aromatic heterocycles. The topological polar surface area (TPSA) is 101 Å². The lowest BCUT2D eigenvalue weighted by molar-refractivity contribution is 0.0285. The minimum atomic E-state index is -0.395. The summed E-state index contributed by atoms with van der Waals surface area (Å²) in [5, 5.41) is 6.31. The van der Waals surface area contributed by atoms with Crippen molar-refractivity contribution in [2.24, 2.45) is 0 Å². The number of nitrogens with one attached hydrogen (secondary N) is 2. The minimum absolute atomic E-state index is 0.0909. The third-order valence-electron chi connectivity index (χ3n) is 5.77. The zero-order chi connectivity index (χ0) is 24.2. The highest BCUT2D eigenvalue weighted by molar-refractivity contribution is 6.14. The van der Waals surface area contributed by atoms with Gasteiger partial charge in [0.25, 0.3) is 17.7 Å². The Morgan fingerprint density at radius 2 is 1.34 bits per heavy atom. The number of nitrogens with zero attached hydrogens (tertiary/aromatic N) is 1. The Hall–Kier alpha value is -4.43. The molecule has 3 amide bonds. The van der Waals surface area contributed by atoms with E-state index in [9.17, 15) is 14.4 Å². The summed E-state index contributed by atoms with van der Waals surface area (Å²) in [7, 11) is 0. The lowest BCUT2D eigenvalue weighted by Crippen LogP contribution is -2.40. The summed E-state index contributed by atoms with van der Waals surface area (Å²) >= 11 is 0. The third kappa shape index (κ3) is 4.78. The van der Waals surface area contributed by atoms with Crippen LogP contribution >= 0.6 is 0 Å². The van der Waals surface area contributed by atoms with Crippen LogP contribution in [0.5, 0.6) is 0 Å². The van der Waals surface area contributed by atoms with Gasteiger partial charge in [0.05, 0.1) is 13.2 Å². The van der Waals surface area contributed by atoms with Crippen molar-refractivity contribution in [3.63, 3.8) is 0 Å². The summed E-state index contributed by atoms with van der Waals surface area (Å²) in [5.74, 6) is -0.834. The average molecular weight is 469 g/mol. The van der Waals surface area contributed by atoms with Crippen molar-refractivity contribution in [3.05, 3.63) is 95.7 Å². The van der Waals surface area contributed by atoms with E-state index in [0.717, 1.165) is 0 Å². The number of rotatable bonds is 5. The Morgan fingerprint density at radius 3 is 2.09 bits per heavy atom. The van der Waals surface area contributed by atoms with Crippen LogP contribution in [0.4, 0.5) is 11.4 Å². The second-order valence-electron chi connectivity index (χ2n) is 8.06. The molecular formula is C27H23N3O5. The number of amides is 3. The first-order valence-corrected chi connectivity index (χ1v) is 11.3. The van der Waals surface area contributed by atoms with E-state index in [0.29, 0.717) is 59.8 Å². The van der Waals surface area contributed by atoms with Crippen LogP contribution in [0.1, 0.15) is 31.3 Å². The molecule has 35 heavy (non-hydrogen) atoms. The Bertz CT molecular complexity index is 1370. The summed E-state index contributed by atoms with van der Waals surface area (Å²) in [5.41, 5.74) is 2.32. The number of benzene rings is 3. The van der Waals surface area contributed by atoms with Gasteiger partial charge >= 0.3 is 0 Å². The van der Waals surface area contributed by atoms with E-state index in [1.54, 1.807) is 65.6 Å². The largest absolute Gasteiger partial charge is 0.449 e. The van der Waals surface area contributed by atoms with E-state index < -0.39 is 5.91 Å². The number of anilines is 2. The highest BCUT2D eigenvalue weighted by Gasteiger charge is 2.27. The van der Waals surface area contributed by atoms with Gasteiger partial charge in [0.2, 0.25) is 5.76 Å². The fourth-order valence-corrected chi connectivity index (χ4v) is 3.91. The van der Waals surface area contributed by atoms with Gasteiger partial charge in [-0.1, -0.05) is 30.3 Å². The number of hydrogen-bond donors (Lipinski definition) is 2. The van der Waals surface area contributed by atoms with E-state index in [1.807, 2.05) is 18.2 Å². The Morgan fingerprint density at radius 1 is 0.714 bits per heavy atom. The van der Waals surface area contributed by atoms with Gasteiger partial charge in [-0.25, -0.2) is 0 Å². The lowest BCUT2D eigenvalue weighted by atomic mass is 10.1. The number of hydrogen-bond acceptors (Lipinski definition) is 5. The van der Waals surface area contributed by atoms with Crippen LogP contribution in [0.3, 0.4) is 0 Å². The molecule has 176 valence electrons. The molecule has 2 N–H and O–H groups in total. The van der Waals surface area contributed by atoms with Gasteiger partial charge in [-0.05, 0) is 48.5 Å². The van der Waals surface area contributed by atoms with Crippen molar-refractivity contribution >= 4 is 40.1 Å². The molecule has 0 atom stereocenters. The maximum atomic E-state index is 13.2. The standard InChI is InChI=1S/C27H23N3O5/c31-25(18-6-2-1-3-7-18)28-20-12-10-19(11-13-20)26(32)29-23-21-8-4-5-9-22(21)35-24(23)27(33)30-14-16-34-17-15-30/h1-13H,14-17H2,(H,28,31)(H,29,32). The first-order chi connectivity index (χ1) is 17.1. The molecule has 1 fully saturated rings. The molecule has 0 unspecified atom stereocenters. The minimum Gasteiger partial charge on any atom is -0.449 e. The van der Waals surface area contributed by atoms with E-state index in [4.69, 9.17) is 9.15 Å². The van der Waals surface area contributed by atoms with Gasteiger partial charge in [0, 0.05) is 35.3 Å². The number of morpholine rings is 1. The molecule has 1 saturated heterocycles. The first-order valence-electron chi connectivity index (χ1n) is 11.3. The van der Waals surface area contributed by atoms with Crippen molar-refractivity contribution in [2.45, 2.75) is 0 Å². The smallest absolute Gasteiger partial charge is 0.291 e. The maximum Gasteiger partial charge on any atom is 0.291 e. The summed E-state index contributed by atoms with van der Waals surface area (Å²) in [6, 6.07) is 22.6. The molecule has 0 aliphatic carbocycles. The number of carbonyl (C=O) groups excluding carboxylic acids is 3. The zero-order valence-electron chi connectivity index (χ0n) is 18.8. The molecule has 3 aromatic carbocycles. The van der Waals surface area contributed by atoms with Crippen LogP contribution in [0.2, 0.25) is 0 Å². The highest BCUT2D eigenvalue weighted by Crippen LogP contribution is 2.32. The first kappa shape index (κ1) is 22.4. The summed E-state index contributed by atoms with van der Waals surface area (Å²) in [4.78, 5) is 40.2. The SMILES string of the molecule is O=C(Nc1ccc(C(=O)Nc2c(C(=O)N3CCOCC3)oc3ccccc23)cc1)c1ccccc1. The number of furan rings is 1. The quantitative estimate of drug-likeness (QED) is 0.451. The second-order valence-corrected chi connectivity index (χ2v) is 8.06. The number of carbonyl (C=O) groups is 3. The number of ether oxygens (including phenoxy) is 1. The maximum absolute atomic E-state index is 13.2. The van der Waals surface area contributed by atoms with Gasteiger partial charge in [-0.3, -0.25) is 14.4 Å². The summed E-state index contributed by atoms with van der Waals surface area (Å²) in [6.07, 6.45) is 0. The predicted octanol–water partition coefficient (Wildman–Crippen LogP) is 4.41. The number of fused-ring (bicyclic) bond motifs is 1. The van der Waals surface area contributed by atoms with Crippen LogP contribution in [0.15, 0.2) is 83.3 Å². The van der Waals surface area contributed by atoms with Crippen molar-refractivity contribution < 1.29 is 23.5 Å². The highest BCUT2D eigenvalue weighted by atomic mass is 16.5. The number of para-hydroxylation sites is 1. The molecule has 1 aliphatic rings. The van der Waals surface area contributed by atoms with E-state index in [2.05, 4.69) is 10.6 Å². The molecule has 2 heterocycles. The Balaban J connectivity index is 1.35. The Labute approximate surface area is 201 Å².